The lowest BCUT2D eigenvalue weighted by Crippen LogP contribution is -2.39. The number of hydrogen-bond donors (Lipinski definition) is 2. The van der Waals surface area contributed by atoms with Crippen LogP contribution >= 0.6 is 0 Å². The number of piperidine rings is 1. The molecule has 2 N–H and O–H groups in total. The first-order valence-electron chi connectivity index (χ1n) is 5.69. The summed E-state index contributed by atoms with van der Waals surface area (Å²) in [6, 6.07) is 0. The van der Waals surface area contributed by atoms with E-state index in [-0.39, 0.29) is 12.5 Å². The fraction of sp³-hybridized carbons (Fsp3) is 0.909. The number of hydrogen-bond acceptors (Lipinski definition) is 3. The van der Waals surface area contributed by atoms with Gasteiger partial charge in [-0.2, -0.15) is 0 Å². The second kappa shape index (κ2) is 6.08. The van der Waals surface area contributed by atoms with Crippen LogP contribution in [0.5, 0.6) is 0 Å². The Morgan fingerprint density at radius 3 is 2.93 bits per heavy atom. The summed E-state index contributed by atoms with van der Waals surface area (Å²) < 4.78 is 0. The molecule has 1 fully saturated rings. The van der Waals surface area contributed by atoms with Crippen molar-refractivity contribution >= 4 is 5.97 Å². The number of aliphatic hydroxyl groups is 1. The zero-order chi connectivity index (χ0) is 11.3. The van der Waals surface area contributed by atoms with Crippen molar-refractivity contribution in [1.82, 2.24) is 4.90 Å². The van der Waals surface area contributed by atoms with Gasteiger partial charge in [-0.15, -0.1) is 0 Å². The van der Waals surface area contributed by atoms with E-state index in [0.717, 1.165) is 25.9 Å². The average Bonchev–Trinajstić information content (AvgIpc) is 2.18. The van der Waals surface area contributed by atoms with Crippen molar-refractivity contribution in [3.8, 4) is 0 Å². The minimum absolute atomic E-state index is 0.243. The highest BCUT2D eigenvalue weighted by molar-refractivity contribution is 5.69. The fourth-order valence-electron chi connectivity index (χ4n) is 2.20. The molecule has 1 rings (SSSR count). The van der Waals surface area contributed by atoms with Gasteiger partial charge in [0.1, 0.15) is 0 Å². The number of aliphatic hydroxyl groups excluding tert-OH is 1. The maximum Gasteiger partial charge on any atom is 0.307 e. The monoisotopic (exact) mass is 215 g/mol. The molecular weight excluding hydrogens is 194 g/mol. The first-order chi connectivity index (χ1) is 7.13. The largest absolute Gasteiger partial charge is 0.481 e. The third kappa shape index (κ3) is 4.18. The Hall–Kier alpha value is -0.610. The first kappa shape index (κ1) is 12.5. The number of aliphatic carboxylic acids is 1. The molecule has 0 spiro atoms. The van der Waals surface area contributed by atoms with Crippen molar-refractivity contribution in [2.24, 2.45) is 11.8 Å². The Labute approximate surface area is 90.9 Å². The van der Waals surface area contributed by atoms with Gasteiger partial charge in [0.25, 0.3) is 0 Å². The Kier molecular flexibility index (Phi) is 5.05. The normalized spacial score (nSPS) is 25.1. The summed E-state index contributed by atoms with van der Waals surface area (Å²) in [5, 5.41) is 17.7. The van der Waals surface area contributed by atoms with Crippen molar-refractivity contribution in [3.63, 3.8) is 0 Å². The number of nitrogens with zero attached hydrogens (tertiary/aromatic N) is 1. The highest BCUT2D eigenvalue weighted by Gasteiger charge is 2.22. The summed E-state index contributed by atoms with van der Waals surface area (Å²) in [6.45, 7) is 4.57. The summed E-state index contributed by atoms with van der Waals surface area (Å²) in [7, 11) is 0. The van der Waals surface area contributed by atoms with Crippen molar-refractivity contribution in [1.29, 1.82) is 0 Å². The zero-order valence-corrected chi connectivity index (χ0v) is 9.35. The quantitative estimate of drug-likeness (QED) is 0.712. The van der Waals surface area contributed by atoms with Crippen LogP contribution in [0.1, 0.15) is 26.2 Å². The summed E-state index contributed by atoms with van der Waals surface area (Å²) >= 11 is 0. The van der Waals surface area contributed by atoms with Crippen LogP contribution in [0.4, 0.5) is 0 Å². The smallest absolute Gasteiger partial charge is 0.307 e. The average molecular weight is 215 g/mol. The number of carboxylic acids is 1. The minimum atomic E-state index is -0.723. The predicted octanol–water partition coefficient (Wildman–Crippen LogP) is 0.802. The van der Waals surface area contributed by atoms with Crippen LogP contribution in [0.3, 0.4) is 0 Å². The molecule has 88 valence electrons. The van der Waals surface area contributed by atoms with Gasteiger partial charge in [0.2, 0.25) is 0 Å². The van der Waals surface area contributed by atoms with Gasteiger partial charge in [-0.1, -0.05) is 6.92 Å². The van der Waals surface area contributed by atoms with Crippen molar-refractivity contribution in [2.75, 3.05) is 26.2 Å². The summed E-state index contributed by atoms with van der Waals surface area (Å²) in [6.07, 6.45) is 3.13. The molecule has 2 atom stereocenters. The van der Waals surface area contributed by atoms with E-state index in [1.165, 1.54) is 6.42 Å². The summed E-state index contributed by atoms with van der Waals surface area (Å²) in [5.41, 5.74) is 0. The van der Waals surface area contributed by atoms with E-state index >= 15 is 0 Å². The molecule has 0 bridgehead atoms. The SMILES string of the molecule is CC(CN1CCCC(CCO)C1)C(=O)O. The van der Waals surface area contributed by atoms with E-state index in [1.807, 2.05) is 0 Å². The van der Waals surface area contributed by atoms with Crippen molar-refractivity contribution in [2.45, 2.75) is 26.2 Å². The van der Waals surface area contributed by atoms with Gasteiger partial charge in [0, 0.05) is 19.7 Å². The highest BCUT2D eigenvalue weighted by Crippen LogP contribution is 2.19. The predicted molar refractivity (Wildman–Crippen MR) is 57.7 cm³/mol. The molecule has 0 aliphatic carbocycles. The number of rotatable bonds is 5. The van der Waals surface area contributed by atoms with E-state index in [9.17, 15) is 4.79 Å². The standard InChI is InChI=1S/C11H21NO3/c1-9(11(14)15)7-12-5-2-3-10(8-12)4-6-13/h9-10,13H,2-8H2,1H3,(H,14,15). The van der Waals surface area contributed by atoms with E-state index in [0.29, 0.717) is 12.5 Å². The third-order valence-corrected chi connectivity index (χ3v) is 3.09. The second-order valence-electron chi connectivity index (χ2n) is 4.52. The molecule has 2 unspecified atom stereocenters. The molecule has 1 saturated heterocycles. The number of carboxylic acid groups (broad SMARTS) is 1. The molecule has 0 aromatic carbocycles. The van der Waals surface area contributed by atoms with Crippen LogP contribution in [-0.2, 0) is 4.79 Å². The Balaban J connectivity index is 2.32. The molecule has 4 heteroatoms. The molecule has 15 heavy (non-hydrogen) atoms. The minimum Gasteiger partial charge on any atom is -0.481 e. The van der Waals surface area contributed by atoms with E-state index in [4.69, 9.17) is 10.2 Å². The fourth-order valence-corrected chi connectivity index (χ4v) is 2.20. The first-order valence-corrected chi connectivity index (χ1v) is 5.69. The molecular formula is C11H21NO3. The van der Waals surface area contributed by atoms with Gasteiger partial charge in [-0.3, -0.25) is 4.79 Å². The van der Waals surface area contributed by atoms with Crippen LogP contribution < -0.4 is 0 Å². The topological polar surface area (TPSA) is 60.8 Å². The van der Waals surface area contributed by atoms with Gasteiger partial charge >= 0.3 is 5.97 Å². The lowest BCUT2D eigenvalue weighted by Gasteiger charge is -2.33. The third-order valence-electron chi connectivity index (χ3n) is 3.09. The van der Waals surface area contributed by atoms with Crippen LogP contribution in [0, 0.1) is 11.8 Å². The van der Waals surface area contributed by atoms with Gasteiger partial charge in [0.05, 0.1) is 5.92 Å². The van der Waals surface area contributed by atoms with Crippen molar-refractivity contribution in [3.05, 3.63) is 0 Å². The Morgan fingerprint density at radius 2 is 2.33 bits per heavy atom. The molecule has 0 radical (unpaired) electrons. The number of likely N-dealkylation sites (tertiary alicyclic amines) is 1. The van der Waals surface area contributed by atoms with E-state index in [2.05, 4.69) is 4.90 Å². The van der Waals surface area contributed by atoms with Crippen LogP contribution in [0.25, 0.3) is 0 Å². The second-order valence-corrected chi connectivity index (χ2v) is 4.52. The van der Waals surface area contributed by atoms with E-state index < -0.39 is 5.97 Å². The van der Waals surface area contributed by atoms with Crippen LogP contribution in [0.15, 0.2) is 0 Å². The molecule has 0 saturated carbocycles. The molecule has 4 nitrogen and oxygen atoms in total. The lowest BCUT2D eigenvalue weighted by atomic mass is 9.94. The molecule has 0 aromatic heterocycles. The molecule has 0 amide bonds. The molecule has 1 aliphatic rings. The zero-order valence-electron chi connectivity index (χ0n) is 9.35. The van der Waals surface area contributed by atoms with Crippen LogP contribution in [-0.4, -0.2) is 47.3 Å². The highest BCUT2D eigenvalue weighted by atomic mass is 16.4. The molecule has 0 aromatic rings. The van der Waals surface area contributed by atoms with Gasteiger partial charge < -0.3 is 15.1 Å². The maximum atomic E-state index is 10.7. The lowest BCUT2D eigenvalue weighted by molar-refractivity contribution is -0.141. The van der Waals surface area contributed by atoms with Gasteiger partial charge in [-0.25, -0.2) is 0 Å². The van der Waals surface area contributed by atoms with Crippen LogP contribution in [0.2, 0.25) is 0 Å². The summed E-state index contributed by atoms with van der Waals surface area (Å²) in [4.78, 5) is 12.9. The maximum absolute atomic E-state index is 10.7. The molecule has 1 heterocycles. The van der Waals surface area contributed by atoms with Gasteiger partial charge in [-0.05, 0) is 31.7 Å². The summed E-state index contributed by atoms with van der Waals surface area (Å²) in [5.74, 6) is -0.470. The molecule has 1 aliphatic heterocycles. The Morgan fingerprint density at radius 1 is 1.60 bits per heavy atom. The Bertz CT molecular complexity index is 206. The van der Waals surface area contributed by atoms with Crippen molar-refractivity contribution < 1.29 is 15.0 Å². The van der Waals surface area contributed by atoms with Gasteiger partial charge in [0.15, 0.2) is 0 Å². The van der Waals surface area contributed by atoms with E-state index in [1.54, 1.807) is 6.92 Å². The number of carbonyl (C=O) groups is 1.